The molecule has 0 heterocycles. The highest BCUT2D eigenvalue weighted by Gasteiger charge is 2.18. The van der Waals surface area contributed by atoms with E-state index >= 15 is 0 Å². The van der Waals surface area contributed by atoms with Gasteiger partial charge < -0.3 is 19.6 Å². The number of hydrogen-bond donors (Lipinski definition) is 1. The highest BCUT2D eigenvalue weighted by atomic mass is 16.6. The lowest BCUT2D eigenvalue weighted by molar-refractivity contribution is -0.385. The molecule has 0 spiro atoms. The van der Waals surface area contributed by atoms with Gasteiger partial charge in [0.15, 0.2) is 0 Å². The third-order valence-electron chi connectivity index (χ3n) is 3.48. The van der Waals surface area contributed by atoms with Crippen LogP contribution >= 0.6 is 0 Å². The Morgan fingerprint density at radius 2 is 1.76 bits per heavy atom. The molecule has 0 saturated heterocycles. The average Bonchev–Trinajstić information content (AvgIpc) is 2.64. The maximum atomic E-state index is 11.1. The number of nitro groups is 1. The molecule has 0 aromatic heterocycles. The maximum Gasteiger partial charge on any atom is 0.311 e. The van der Waals surface area contributed by atoms with Crippen LogP contribution in [0.25, 0.3) is 0 Å². The molecule has 8 heteroatoms. The highest BCUT2D eigenvalue weighted by molar-refractivity contribution is 5.85. The molecule has 0 aliphatic rings. The summed E-state index contributed by atoms with van der Waals surface area (Å²) < 4.78 is 15.5. The summed E-state index contributed by atoms with van der Waals surface area (Å²) in [4.78, 5) is 10.6. The monoisotopic (exact) mass is 345 g/mol. The molecule has 0 bridgehead atoms. The van der Waals surface area contributed by atoms with Gasteiger partial charge in [0.25, 0.3) is 0 Å². The van der Waals surface area contributed by atoms with Crippen LogP contribution in [0.4, 0.5) is 5.69 Å². The Morgan fingerprint density at radius 1 is 1.08 bits per heavy atom. The van der Waals surface area contributed by atoms with E-state index in [1.165, 1.54) is 32.6 Å². The van der Waals surface area contributed by atoms with Crippen molar-refractivity contribution in [3.8, 4) is 17.2 Å². The van der Waals surface area contributed by atoms with E-state index in [1.807, 2.05) is 24.3 Å². The topological polar surface area (TPSA) is 95.2 Å². The fourth-order valence-electron chi connectivity index (χ4n) is 2.24. The van der Waals surface area contributed by atoms with Crippen molar-refractivity contribution >= 4 is 11.9 Å². The molecule has 0 atom stereocenters. The predicted molar refractivity (Wildman–Crippen MR) is 93.6 cm³/mol. The molecule has 2 aromatic rings. The largest absolute Gasteiger partial charge is 0.496 e. The Kier molecular flexibility index (Phi) is 6.16. The van der Waals surface area contributed by atoms with E-state index in [1.54, 1.807) is 7.11 Å². The van der Waals surface area contributed by atoms with Crippen molar-refractivity contribution in [2.45, 2.75) is 6.54 Å². The second-order valence-corrected chi connectivity index (χ2v) is 4.93. The van der Waals surface area contributed by atoms with E-state index in [0.717, 1.165) is 11.3 Å². The van der Waals surface area contributed by atoms with Gasteiger partial charge in [0, 0.05) is 23.3 Å². The summed E-state index contributed by atoms with van der Waals surface area (Å²) in [7, 11) is 4.44. The second-order valence-electron chi connectivity index (χ2n) is 4.93. The van der Waals surface area contributed by atoms with Crippen molar-refractivity contribution < 1.29 is 19.1 Å². The smallest absolute Gasteiger partial charge is 0.311 e. The fourth-order valence-corrected chi connectivity index (χ4v) is 2.24. The SMILES string of the molecule is COc1cc(OC)c([N+](=O)[O-])cc1/C=N\NCc1ccccc1OC. The average molecular weight is 345 g/mol. The first kappa shape index (κ1) is 18.1. The lowest BCUT2D eigenvalue weighted by Gasteiger charge is -2.09. The third kappa shape index (κ3) is 4.37. The number of benzene rings is 2. The minimum absolute atomic E-state index is 0.126. The summed E-state index contributed by atoms with van der Waals surface area (Å²) in [5.41, 5.74) is 4.13. The summed E-state index contributed by atoms with van der Waals surface area (Å²) in [6.07, 6.45) is 1.46. The van der Waals surface area contributed by atoms with Gasteiger partial charge in [-0.05, 0) is 6.07 Å². The Morgan fingerprint density at radius 3 is 2.40 bits per heavy atom. The van der Waals surface area contributed by atoms with E-state index < -0.39 is 4.92 Å². The van der Waals surface area contributed by atoms with Gasteiger partial charge in [-0.25, -0.2) is 0 Å². The van der Waals surface area contributed by atoms with Crippen LogP contribution in [0.3, 0.4) is 0 Å². The van der Waals surface area contributed by atoms with Crippen molar-refractivity contribution in [1.29, 1.82) is 0 Å². The Balaban J connectivity index is 2.17. The molecule has 132 valence electrons. The quantitative estimate of drug-likeness (QED) is 0.449. The molecule has 0 aliphatic heterocycles. The van der Waals surface area contributed by atoms with E-state index in [0.29, 0.717) is 17.9 Å². The number of ether oxygens (including phenoxy) is 3. The first-order chi connectivity index (χ1) is 12.1. The van der Waals surface area contributed by atoms with Crippen LogP contribution in [0, 0.1) is 10.1 Å². The molecule has 25 heavy (non-hydrogen) atoms. The molecular formula is C17H19N3O5. The lowest BCUT2D eigenvalue weighted by atomic mass is 10.1. The minimum Gasteiger partial charge on any atom is -0.496 e. The fraction of sp³-hybridized carbons (Fsp3) is 0.235. The van der Waals surface area contributed by atoms with Gasteiger partial charge in [0.2, 0.25) is 5.75 Å². The molecule has 8 nitrogen and oxygen atoms in total. The van der Waals surface area contributed by atoms with Gasteiger partial charge in [-0.2, -0.15) is 5.10 Å². The van der Waals surface area contributed by atoms with Crippen LogP contribution in [0.1, 0.15) is 11.1 Å². The number of rotatable bonds is 8. The normalized spacial score (nSPS) is 10.5. The van der Waals surface area contributed by atoms with Crippen LogP contribution in [-0.4, -0.2) is 32.5 Å². The molecule has 0 unspecified atom stereocenters. The molecule has 2 rings (SSSR count). The van der Waals surface area contributed by atoms with E-state index in [4.69, 9.17) is 14.2 Å². The zero-order chi connectivity index (χ0) is 18.2. The van der Waals surface area contributed by atoms with Crippen LogP contribution in [-0.2, 0) is 6.54 Å². The summed E-state index contributed by atoms with van der Waals surface area (Å²) in [5.74, 6) is 1.30. The summed E-state index contributed by atoms with van der Waals surface area (Å²) >= 11 is 0. The number of nitro benzene ring substituents is 1. The maximum absolute atomic E-state index is 11.1. The minimum atomic E-state index is -0.516. The standard InChI is InChI=1S/C17H19N3O5/c1-23-15-7-5-4-6-12(15)10-18-19-11-13-8-14(20(21)22)17(25-3)9-16(13)24-2/h4-9,11,18H,10H2,1-3H3/b19-11-. The van der Waals surface area contributed by atoms with E-state index in [-0.39, 0.29) is 11.4 Å². The summed E-state index contributed by atoms with van der Waals surface area (Å²) in [6.45, 7) is 0.446. The van der Waals surface area contributed by atoms with Gasteiger partial charge in [0.05, 0.1) is 39.0 Å². The van der Waals surface area contributed by atoms with E-state index in [9.17, 15) is 10.1 Å². The van der Waals surface area contributed by atoms with Gasteiger partial charge in [-0.1, -0.05) is 18.2 Å². The molecule has 0 saturated carbocycles. The van der Waals surface area contributed by atoms with Crippen molar-refractivity contribution in [3.05, 3.63) is 57.6 Å². The number of nitrogens with zero attached hydrogens (tertiary/aromatic N) is 2. The summed E-state index contributed by atoms with van der Waals surface area (Å²) in [6, 6.07) is 10.4. The Bertz CT molecular complexity index is 777. The second kappa shape index (κ2) is 8.53. The van der Waals surface area contributed by atoms with Gasteiger partial charge in [0.1, 0.15) is 11.5 Å². The molecule has 0 radical (unpaired) electrons. The first-order valence-electron chi connectivity index (χ1n) is 7.39. The van der Waals surface area contributed by atoms with Crippen molar-refractivity contribution in [2.75, 3.05) is 21.3 Å². The van der Waals surface area contributed by atoms with E-state index in [2.05, 4.69) is 10.5 Å². The Hall–Kier alpha value is -3.29. The van der Waals surface area contributed by atoms with Crippen molar-refractivity contribution in [1.82, 2.24) is 5.43 Å². The summed E-state index contributed by atoms with van der Waals surface area (Å²) in [5, 5.41) is 15.2. The predicted octanol–water partition coefficient (Wildman–Crippen LogP) is 2.74. The number of hydrogen-bond acceptors (Lipinski definition) is 7. The number of methoxy groups -OCH3 is 3. The highest BCUT2D eigenvalue weighted by Crippen LogP contribution is 2.33. The first-order valence-corrected chi connectivity index (χ1v) is 7.39. The zero-order valence-corrected chi connectivity index (χ0v) is 14.2. The van der Waals surface area contributed by atoms with Crippen molar-refractivity contribution in [2.24, 2.45) is 5.10 Å². The van der Waals surface area contributed by atoms with Crippen LogP contribution in [0.5, 0.6) is 17.2 Å². The third-order valence-corrected chi connectivity index (χ3v) is 3.48. The molecule has 2 aromatic carbocycles. The number of hydrazone groups is 1. The molecule has 0 fully saturated rings. The number of para-hydroxylation sites is 1. The molecule has 0 amide bonds. The van der Waals surface area contributed by atoms with Crippen LogP contribution in [0.2, 0.25) is 0 Å². The lowest BCUT2D eigenvalue weighted by Crippen LogP contribution is -2.07. The van der Waals surface area contributed by atoms with Crippen molar-refractivity contribution in [3.63, 3.8) is 0 Å². The van der Waals surface area contributed by atoms with Gasteiger partial charge in [-0.3, -0.25) is 10.1 Å². The molecule has 1 N–H and O–H groups in total. The van der Waals surface area contributed by atoms with Crippen LogP contribution in [0.15, 0.2) is 41.5 Å². The zero-order valence-electron chi connectivity index (χ0n) is 14.2. The number of nitrogens with one attached hydrogen (secondary N) is 1. The van der Waals surface area contributed by atoms with Crippen LogP contribution < -0.4 is 19.6 Å². The van der Waals surface area contributed by atoms with Gasteiger partial charge in [-0.15, -0.1) is 0 Å². The molecule has 0 aliphatic carbocycles. The molecular weight excluding hydrogens is 326 g/mol. The Labute approximate surface area is 145 Å². The van der Waals surface area contributed by atoms with Gasteiger partial charge >= 0.3 is 5.69 Å².